The van der Waals surface area contributed by atoms with Crippen LogP contribution < -0.4 is 17.0 Å². The molecule has 0 aliphatic rings. The van der Waals surface area contributed by atoms with Crippen molar-refractivity contribution in [3.63, 3.8) is 0 Å². The van der Waals surface area contributed by atoms with Crippen molar-refractivity contribution in [3.8, 4) is 0 Å². The molecule has 0 radical (unpaired) electrons. The molecule has 5 nitrogen and oxygen atoms in total. The van der Waals surface area contributed by atoms with Gasteiger partial charge < -0.3 is 5.73 Å². The Kier molecular flexibility index (Phi) is 2.82. The van der Waals surface area contributed by atoms with Gasteiger partial charge in [-0.15, -0.1) is 0 Å². The molecule has 2 rings (SSSR count). The van der Waals surface area contributed by atoms with Gasteiger partial charge in [-0.2, -0.15) is 0 Å². The molecule has 0 aliphatic heterocycles. The van der Waals surface area contributed by atoms with E-state index in [4.69, 9.17) is 5.73 Å². The highest BCUT2D eigenvalue weighted by atomic mass is 16.2. The van der Waals surface area contributed by atoms with E-state index < -0.39 is 11.2 Å². The lowest BCUT2D eigenvalue weighted by molar-refractivity contribution is 0.604. The summed E-state index contributed by atoms with van der Waals surface area (Å²) in [5, 5.41) is 0. The molecular weight excluding hydrogens is 218 g/mol. The number of nitrogens with one attached hydrogen (secondary N) is 1. The summed E-state index contributed by atoms with van der Waals surface area (Å²) in [6.45, 7) is 1.85. The first-order valence-electron chi connectivity index (χ1n) is 5.26. The van der Waals surface area contributed by atoms with Crippen molar-refractivity contribution in [2.24, 2.45) is 0 Å². The van der Waals surface area contributed by atoms with Crippen molar-refractivity contribution in [2.75, 3.05) is 5.73 Å². The van der Waals surface area contributed by atoms with Gasteiger partial charge in [0.25, 0.3) is 5.56 Å². The molecule has 88 valence electrons. The molecule has 0 fully saturated rings. The van der Waals surface area contributed by atoms with Crippen LogP contribution in [0.15, 0.2) is 46.0 Å². The van der Waals surface area contributed by atoms with Crippen LogP contribution in [-0.4, -0.2) is 9.55 Å². The number of anilines is 1. The van der Waals surface area contributed by atoms with Crippen LogP contribution in [0.2, 0.25) is 0 Å². The lowest BCUT2D eigenvalue weighted by Gasteiger charge is -2.16. The Morgan fingerprint density at radius 1 is 1.24 bits per heavy atom. The molecule has 0 aliphatic carbocycles. The smallest absolute Gasteiger partial charge is 0.330 e. The summed E-state index contributed by atoms with van der Waals surface area (Å²) in [6.07, 6.45) is 0. The van der Waals surface area contributed by atoms with Crippen LogP contribution in [0.5, 0.6) is 0 Å². The van der Waals surface area contributed by atoms with Crippen LogP contribution in [0.1, 0.15) is 18.5 Å². The summed E-state index contributed by atoms with van der Waals surface area (Å²) >= 11 is 0. The van der Waals surface area contributed by atoms with E-state index >= 15 is 0 Å². The average Bonchev–Trinajstić information content (AvgIpc) is 2.28. The molecule has 0 saturated heterocycles. The molecule has 1 aromatic heterocycles. The number of nitrogens with zero attached hydrogens (tertiary/aromatic N) is 1. The Morgan fingerprint density at radius 2 is 1.88 bits per heavy atom. The quantitative estimate of drug-likeness (QED) is 0.799. The predicted molar refractivity (Wildman–Crippen MR) is 66.0 cm³/mol. The van der Waals surface area contributed by atoms with E-state index in [9.17, 15) is 9.59 Å². The lowest BCUT2D eigenvalue weighted by Crippen LogP contribution is -2.33. The number of hydrogen-bond acceptors (Lipinski definition) is 3. The molecule has 0 amide bonds. The summed E-state index contributed by atoms with van der Waals surface area (Å²) in [4.78, 5) is 25.0. The Labute approximate surface area is 97.5 Å². The van der Waals surface area contributed by atoms with E-state index in [2.05, 4.69) is 4.98 Å². The van der Waals surface area contributed by atoms with Gasteiger partial charge in [0.15, 0.2) is 0 Å². The number of rotatable bonds is 2. The monoisotopic (exact) mass is 231 g/mol. The third-order valence-electron chi connectivity index (χ3n) is 2.68. The van der Waals surface area contributed by atoms with Crippen LogP contribution in [-0.2, 0) is 0 Å². The summed E-state index contributed by atoms with van der Waals surface area (Å²) in [6, 6.07) is 10.5. The Hall–Kier alpha value is -2.30. The fourth-order valence-electron chi connectivity index (χ4n) is 1.80. The number of H-pyrrole nitrogens is 1. The molecule has 0 spiro atoms. The van der Waals surface area contributed by atoms with Gasteiger partial charge in [0, 0.05) is 6.07 Å². The normalized spacial score (nSPS) is 12.3. The predicted octanol–water partition coefficient (Wildman–Crippen LogP) is 0.728. The molecule has 1 atom stereocenters. The maximum absolute atomic E-state index is 11.7. The average molecular weight is 231 g/mol. The second-order valence-corrected chi connectivity index (χ2v) is 3.82. The van der Waals surface area contributed by atoms with E-state index in [0.29, 0.717) is 0 Å². The highest BCUT2D eigenvalue weighted by Crippen LogP contribution is 2.17. The highest BCUT2D eigenvalue weighted by molar-refractivity contribution is 5.30. The van der Waals surface area contributed by atoms with E-state index in [1.807, 2.05) is 37.3 Å². The van der Waals surface area contributed by atoms with Crippen LogP contribution in [0.4, 0.5) is 5.82 Å². The van der Waals surface area contributed by atoms with Crippen LogP contribution in [0.25, 0.3) is 0 Å². The van der Waals surface area contributed by atoms with E-state index in [-0.39, 0.29) is 11.9 Å². The zero-order valence-electron chi connectivity index (χ0n) is 9.38. The Bertz CT molecular complexity index is 628. The maximum atomic E-state index is 11.7. The fraction of sp³-hybridized carbons (Fsp3) is 0.167. The summed E-state index contributed by atoms with van der Waals surface area (Å²) < 4.78 is 1.36. The minimum atomic E-state index is -0.494. The van der Waals surface area contributed by atoms with Gasteiger partial charge in [0.2, 0.25) is 0 Å². The maximum Gasteiger partial charge on any atom is 0.330 e. The number of hydrogen-bond donors (Lipinski definition) is 2. The molecular formula is C12H13N3O2. The van der Waals surface area contributed by atoms with Crippen LogP contribution in [0.3, 0.4) is 0 Å². The molecule has 1 heterocycles. The second kappa shape index (κ2) is 4.29. The molecule has 0 bridgehead atoms. The SMILES string of the molecule is CC(c1ccccc1)n1c(N)cc(=O)[nH]c1=O. The van der Waals surface area contributed by atoms with Gasteiger partial charge in [-0.1, -0.05) is 30.3 Å². The van der Waals surface area contributed by atoms with Crippen molar-refractivity contribution in [1.82, 2.24) is 9.55 Å². The van der Waals surface area contributed by atoms with Crippen molar-refractivity contribution >= 4 is 5.82 Å². The topological polar surface area (TPSA) is 80.9 Å². The van der Waals surface area contributed by atoms with Crippen molar-refractivity contribution in [1.29, 1.82) is 0 Å². The van der Waals surface area contributed by atoms with Crippen LogP contribution in [0, 0.1) is 0 Å². The largest absolute Gasteiger partial charge is 0.385 e. The highest BCUT2D eigenvalue weighted by Gasteiger charge is 2.12. The van der Waals surface area contributed by atoms with Gasteiger partial charge in [-0.3, -0.25) is 14.3 Å². The third-order valence-corrected chi connectivity index (χ3v) is 2.68. The minimum Gasteiger partial charge on any atom is -0.385 e. The molecule has 2 aromatic rings. The number of nitrogen functional groups attached to an aromatic ring is 1. The lowest BCUT2D eigenvalue weighted by atomic mass is 10.1. The molecule has 0 saturated carbocycles. The van der Waals surface area contributed by atoms with E-state index in [1.54, 1.807) is 0 Å². The van der Waals surface area contributed by atoms with Crippen molar-refractivity contribution < 1.29 is 0 Å². The Balaban J connectivity index is 2.56. The second-order valence-electron chi connectivity index (χ2n) is 3.82. The van der Waals surface area contributed by atoms with Crippen LogP contribution >= 0.6 is 0 Å². The standard InChI is InChI=1S/C12H13N3O2/c1-8(9-5-3-2-4-6-9)15-10(13)7-11(16)14-12(15)17/h2-8H,13H2,1H3,(H,14,16,17). The third kappa shape index (κ3) is 2.13. The number of benzene rings is 1. The van der Waals surface area contributed by atoms with E-state index in [0.717, 1.165) is 5.56 Å². The summed E-state index contributed by atoms with van der Waals surface area (Å²) in [5.74, 6) is 0.162. The van der Waals surface area contributed by atoms with Gasteiger partial charge >= 0.3 is 5.69 Å². The first-order valence-corrected chi connectivity index (χ1v) is 5.26. The first kappa shape index (κ1) is 11.2. The van der Waals surface area contributed by atoms with Gasteiger partial charge in [0.1, 0.15) is 5.82 Å². The summed E-state index contributed by atoms with van der Waals surface area (Å²) in [7, 11) is 0. The van der Waals surface area contributed by atoms with Crippen molar-refractivity contribution in [2.45, 2.75) is 13.0 Å². The molecule has 1 unspecified atom stereocenters. The number of aromatic nitrogens is 2. The van der Waals surface area contributed by atoms with Gasteiger partial charge in [0.05, 0.1) is 6.04 Å². The minimum absolute atomic E-state index is 0.162. The number of nitrogens with two attached hydrogens (primary N) is 1. The zero-order valence-corrected chi connectivity index (χ0v) is 9.38. The zero-order chi connectivity index (χ0) is 12.4. The van der Waals surface area contributed by atoms with Gasteiger partial charge in [-0.05, 0) is 12.5 Å². The summed E-state index contributed by atoms with van der Waals surface area (Å²) in [5.41, 5.74) is 5.68. The van der Waals surface area contributed by atoms with Gasteiger partial charge in [-0.25, -0.2) is 4.79 Å². The fourth-order valence-corrected chi connectivity index (χ4v) is 1.80. The van der Waals surface area contributed by atoms with Crippen molar-refractivity contribution in [3.05, 3.63) is 62.8 Å². The molecule has 17 heavy (non-hydrogen) atoms. The first-order chi connectivity index (χ1) is 8.09. The Morgan fingerprint density at radius 3 is 2.47 bits per heavy atom. The number of aromatic amines is 1. The molecule has 1 aromatic carbocycles. The van der Waals surface area contributed by atoms with E-state index in [1.165, 1.54) is 10.6 Å². The molecule has 3 N–H and O–H groups in total. The molecule has 5 heteroatoms.